The molecule has 0 aliphatic carbocycles. The van der Waals surface area contributed by atoms with Crippen LogP contribution in [0.1, 0.15) is 6.92 Å². The van der Waals surface area contributed by atoms with Gasteiger partial charge in [-0.25, -0.2) is 9.37 Å². The van der Waals surface area contributed by atoms with Crippen molar-refractivity contribution in [1.82, 2.24) is 9.55 Å². The van der Waals surface area contributed by atoms with Gasteiger partial charge in [0.25, 0.3) is 0 Å². The van der Waals surface area contributed by atoms with Gasteiger partial charge in [0.2, 0.25) is 5.95 Å². The van der Waals surface area contributed by atoms with E-state index in [2.05, 4.69) is 10.3 Å². The number of nitrogens with two attached hydrogens (primary N) is 1. The molecular weight excluding hydrogens is 207 g/mol. The molecule has 1 atom stereocenters. The number of aryl methyl sites for hydroxylation is 1. The second-order valence-corrected chi connectivity index (χ2v) is 3.88. The van der Waals surface area contributed by atoms with Gasteiger partial charge in [-0.1, -0.05) is 6.07 Å². The van der Waals surface area contributed by atoms with Crippen LogP contribution in [0.25, 0.3) is 11.0 Å². The van der Waals surface area contributed by atoms with E-state index in [0.717, 1.165) is 5.52 Å². The lowest BCUT2D eigenvalue weighted by atomic mass is 10.3. The summed E-state index contributed by atoms with van der Waals surface area (Å²) in [7, 11) is 1.85. The molecule has 1 heterocycles. The summed E-state index contributed by atoms with van der Waals surface area (Å²) in [6, 6.07) is 5.03. The highest BCUT2D eigenvalue weighted by Crippen LogP contribution is 2.20. The predicted molar refractivity (Wildman–Crippen MR) is 62.8 cm³/mol. The fourth-order valence-electron chi connectivity index (χ4n) is 1.59. The number of benzene rings is 1. The van der Waals surface area contributed by atoms with Crippen molar-refractivity contribution in [2.24, 2.45) is 12.8 Å². The van der Waals surface area contributed by atoms with E-state index in [0.29, 0.717) is 18.0 Å². The summed E-state index contributed by atoms with van der Waals surface area (Å²) in [6.07, 6.45) is 0. The molecule has 0 amide bonds. The number of aromatic nitrogens is 2. The predicted octanol–water partition coefficient (Wildman–Crippen LogP) is 1.47. The first-order valence-electron chi connectivity index (χ1n) is 5.21. The van der Waals surface area contributed by atoms with E-state index in [1.165, 1.54) is 6.07 Å². The number of fused-ring (bicyclic) bond motifs is 1. The lowest BCUT2D eigenvalue weighted by molar-refractivity contribution is 0.637. The van der Waals surface area contributed by atoms with E-state index in [-0.39, 0.29) is 11.9 Å². The molecule has 3 N–H and O–H groups in total. The Hall–Kier alpha value is -1.62. The molecule has 1 aromatic heterocycles. The maximum atomic E-state index is 13.5. The van der Waals surface area contributed by atoms with Crippen LogP contribution in [0.2, 0.25) is 0 Å². The molecule has 2 rings (SSSR count). The second-order valence-electron chi connectivity index (χ2n) is 3.88. The lowest BCUT2D eigenvalue weighted by Crippen LogP contribution is -2.26. The number of halogens is 1. The number of imidazole rings is 1. The molecule has 5 heteroatoms. The summed E-state index contributed by atoms with van der Waals surface area (Å²) in [6.45, 7) is 2.46. The number of hydrogen-bond donors (Lipinski definition) is 2. The maximum Gasteiger partial charge on any atom is 0.203 e. The first kappa shape index (κ1) is 10.9. The van der Waals surface area contributed by atoms with Crippen LogP contribution < -0.4 is 11.1 Å². The largest absolute Gasteiger partial charge is 0.352 e. The molecule has 0 fully saturated rings. The number of nitrogens with zero attached hydrogens (tertiary/aromatic N) is 2. The Labute approximate surface area is 93.3 Å². The first-order chi connectivity index (χ1) is 7.63. The van der Waals surface area contributed by atoms with Crippen molar-refractivity contribution in [3.05, 3.63) is 24.0 Å². The zero-order valence-corrected chi connectivity index (χ0v) is 9.37. The second kappa shape index (κ2) is 4.09. The molecule has 0 radical (unpaired) electrons. The fourth-order valence-corrected chi connectivity index (χ4v) is 1.59. The summed E-state index contributed by atoms with van der Waals surface area (Å²) < 4.78 is 15.3. The van der Waals surface area contributed by atoms with Crippen molar-refractivity contribution in [3.8, 4) is 0 Å². The van der Waals surface area contributed by atoms with Crippen LogP contribution in [-0.2, 0) is 7.05 Å². The fraction of sp³-hybridized carbons (Fsp3) is 0.364. The van der Waals surface area contributed by atoms with Gasteiger partial charge < -0.3 is 15.6 Å². The van der Waals surface area contributed by atoms with Gasteiger partial charge in [0, 0.05) is 19.6 Å². The molecule has 1 aromatic carbocycles. The smallest absolute Gasteiger partial charge is 0.203 e. The van der Waals surface area contributed by atoms with Gasteiger partial charge in [0.1, 0.15) is 5.52 Å². The lowest BCUT2D eigenvalue weighted by Gasteiger charge is -2.11. The molecule has 16 heavy (non-hydrogen) atoms. The van der Waals surface area contributed by atoms with Gasteiger partial charge in [0.05, 0.1) is 5.52 Å². The minimum atomic E-state index is -0.304. The zero-order valence-electron chi connectivity index (χ0n) is 9.37. The van der Waals surface area contributed by atoms with Crippen LogP contribution in [0.15, 0.2) is 18.2 Å². The van der Waals surface area contributed by atoms with Gasteiger partial charge in [-0.15, -0.1) is 0 Å². The van der Waals surface area contributed by atoms with Crippen LogP contribution in [0.4, 0.5) is 10.3 Å². The molecule has 0 aliphatic rings. The standard InChI is InChI=1S/C11H15FN4/c1-7(6-13)14-11-15-10-8(12)4-3-5-9(10)16(11)2/h3-5,7H,6,13H2,1-2H3,(H,14,15). The molecule has 0 spiro atoms. The number of nitrogens with one attached hydrogen (secondary N) is 1. The van der Waals surface area contributed by atoms with Gasteiger partial charge in [-0.2, -0.15) is 0 Å². The third kappa shape index (κ3) is 1.74. The van der Waals surface area contributed by atoms with Crippen molar-refractivity contribution >= 4 is 17.0 Å². The monoisotopic (exact) mass is 222 g/mol. The minimum Gasteiger partial charge on any atom is -0.352 e. The van der Waals surface area contributed by atoms with Gasteiger partial charge in [0.15, 0.2) is 5.82 Å². The Morgan fingerprint density at radius 1 is 1.56 bits per heavy atom. The Morgan fingerprint density at radius 3 is 2.94 bits per heavy atom. The van der Waals surface area contributed by atoms with E-state index in [9.17, 15) is 4.39 Å². The SMILES string of the molecule is CC(CN)Nc1nc2c(F)cccc2n1C. The average molecular weight is 222 g/mol. The van der Waals surface area contributed by atoms with E-state index in [4.69, 9.17) is 5.73 Å². The highest BCUT2D eigenvalue weighted by atomic mass is 19.1. The summed E-state index contributed by atoms with van der Waals surface area (Å²) in [5.41, 5.74) is 6.68. The van der Waals surface area contributed by atoms with Crippen molar-refractivity contribution < 1.29 is 4.39 Å². The van der Waals surface area contributed by atoms with Crippen LogP contribution in [0.5, 0.6) is 0 Å². The quantitative estimate of drug-likeness (QED) is 0.826. The van der Waals surface area contributed by atoms with Gasteiger partial charge in [-0.05, 0) is 19.1 Å². The summed E-state index contributed by atoms with van der Waals surface area (Å²) in [5, 5.41) is 3.14. The molecule has 1 unspecified atom stereocenters. The zero-order chi connectivity index (χ0) is 11.7. The molecule has 0 saturated heterocycles. The molecule has 0 bridgehead atoms. The number of anilines is 1. The normalized spacial score (nSPS) is 13.0. The van der Waals surface area contributed by atoms with Crippen molar-refractivity contribution in [2.45, 2.75) is 13.0 Å². The van der Waals surface area contributed by atoms with Crippen LogP contribution in [-0.4, -0.2) is 22.1 Å². The first-order valence-corrected chi connectivity index (χ1v) is 5.21. The Balaban J connectivity index is 2.48. The molecule has 2 aromatic rings. The third-order valence-corrected chi connectivity index (χ3v) is 2.59. The molecule has 0 aliphatic heterocycles. The topological polar surface area (TPSA) is 55.9 Å². The highest BCUT2D eigenvalue weighted by Gasteiger charge is 2.11. The Morgan fingerprint density at radius 2 is 2.31 bits per heavy atom. The van der Waals surface area contributed by atoms with E-state index >= 15 is 0 Å². The average Bonchev–Trinajstić information content (AvgIpc) is 2.58. The van der Waals surface area contributed by atoms with Gasteiger partial charge in [-0.3, -0.25) is 0 Å². The third-order valence-electron chi connectivity index (χ3n) is 2.59. The van der Waals surface area contributed by atoms with E-state index in [1.807, 2.05) is 24.6 Å². The van der Waals surface area contributed by atoms with Gasteiger partial charge >= 0.3 is 0 Å². The maximum absolute atomic E-state index is 13.5. The number of hydrogen-bond acceptors (Lipinski definition) is 3. The number of rotatable bonds is 3. The van der Waals surface area contributed by atoms with Crippen LogP contribution >= 0.6 is 0 Å². The van der Waals surface area contributed by atoms with Crippen molar-refractivity contribution in [3.63, 3.8) is 0 Å². The van der Waals surface area contributed by atoms with E-state index < -0.39 is 0 Å². The minimum absolute atomic E-state index is 0.110. The van der Waals surface area contributed by atoms with Crippen molar-refractivity contribution in [1.29, 1.82) is 0 Å². The van der Waals surface area contributed by atoms with Crippen molar-refractivity contribution in [2.75, 3.05) is 11.9 Å². The van der Waals surface area contributed by atoms with Crippen LogP contribution in [0, 0.1) is 5.82 Å². The summed E-state index contributed by atoms with van der Waals surface area (Å²) in [4.78, 5) is 4.22. The molecule has 86 valence electrons. The Kier molecular flexibility index (Phi) is 2.78. The Bertz CT molecular complexity index is 506. The highest BCUT2D eigenvalue weighted by molar-refractivity contribution is 5.79. The summed E-state index contributed by atoms with van der Waals surface area (Å²) >= 11 is 0. The molecule has 0 saturated carbocycles. The summed E-state index contributed by atoms with van der Waals surface area (Å²) in [5.74, 6) is 0.333. The number of para-hydroxylation sites is 1. The van der Waals surface area contributed by atoms with Crippen LogP contribution in [0.3, 0.4) is 0 Å². The molecule has 4 nitrogen and oxygen atoms in total. The molecular formula is C11H15FN4. The van der Waals surface area contributed by atoms with E-state index in [1.54, 1.807) is 6.07 Å².